The van der Waals surface area contributed by atoms with Gasteiger partial charge in [-0.05, 0) is 37.5 Å². The number of urea groups is 1. The highest BCUT2D eigenvalue weighted by Gasteiger charge is 2.41. The smallest absolute Gasteiger partial charge is 0.316 e. The summed E-state index contributed by atoms with van der Waals surface area (Å²) in [5, 5.41) is 2.79. The Hall–Kier alpha value is -1.01. The van der Waals surface area contributed by atoms with Crippen molar-refractivity contribution < 1.29 is 9.59 Å². The van der Waals surface area contributed by atoms with Crippen LogP contribution in [0.3, 0.4) is 0 Å². The van der Waals surface area contributed by atoms with Gasteiger partial charge in [0.05, 0.1) is 0 Å². The van der Waals surface area contributed by atoms with E-state index in [1.54, 1.807) is 19.0 Å². The maximum atomic E-state index is 12.6. The second-order valence-corrected chi connectivity index (χ2v) is 7.08. The van der Waals surface area contributed by atoms with Gasteiger partial charge in [0.25, 0.3) is 0 Å². The molecule has 0 aromatic carbocycles. The monoisotopic (exact) mass is 346 g/mol. The molecule has 23 heavy (non-hydrogen) atoms. The molecule has 2 atom stereocenters. The normalized spacial score (nSPS) is 29.2. The van der Waals surface area contributed by atoms with E-state index < -0.39 is 0 Å². The number of likely N-dealkylation sites (N-methyl/N-ethyl adjacent to an activating group) is 1. The lowest BCUT2D eigenvalue weighted by molar-refractivity contribution is -0.137. The Morgan fingerprint density at radius 1 is 1.13 bits per heavy atom. The van der Waals surface area contributed by atoms with Crippen molar-refractivity contribution in [2.45, 2.75) is 38.1 Å². The van der Waals surface area contributed by atoms with E-state index in [0.717, 1.165) is 12.8 Å². The van der Waals surface area contributed by atoms with Gasteiger partial charge in [-0.25, -0.2) is 4.79 Å². The topological polar surface area (TPSA) is 78.7 Å². The number of nitrogens with one attached hydrogen (secondary N) is 1. The number of halogens is 1. The fourth-order valence-electron chi connectivity index (χ4n) is 3.90. The Bertz CT molecular complexity index is 405. The average molecular weight is 347 g/mol. The van der Waals surface area contributed by atoms with Gasteiger partial charge in [0.2, 0.25) is 5.91 Å². The van der Waals surface area contributed by atoms with E-state index in [9.17, 15) is 9.59 Å². The zero-order valence-corrected chi connectivity index (χ0v) is 15.3. The fourth-order valence-corrected chi connectivity index (χ4v) is 3.90. The molecule has 0 radical (unpaired) electrons. The van der Waals surface area contributed by atoms with Crippen LogP contribution in [0.2, 0.25) is 0 Å². The van der Waals surface area contributed by atoms with Gasteiger partial charge in [-0.15, -0.1) is 12.4 Å². The number of hydrogen-bond donors (Lipinski definition) is 2. The van der Waals surface area contributed by atoms with E-state index in [4.69, 9.17) is 5.73 Å². The van der Waals surface area contributed by atoms with E-state index in [0.29, 0.717) is 31.0 Å². The fraction of sp³-hybridized carbons (Fsp3) is 0.875. The van der Waals surface area contributed by atoms with Gasteiger partial charge in [0.15, 0.2) is 0 Å². The first kappa shape index (κ1) is 20.0. The first-order chi connectivity index (χ1) is 10.4. The molecule has 2 rings (SSSR count). The molecular weight excluding hydrogens is 316 g/mol. The zero-order chi connectivity index (χ0) is 16.3. The molecule has 6 nitrogen and oxygen atoms in total. The van der Waals surface area contributed by atoms with Crippen molar-refractivity contribution in [1.29, 1.82) is 0 Å². The summed E-state index contributed by atoms with van der Waals surface area (Å²) in [4.78, 5) is 27.3. The molecule has 2 fully saturated rings. The third kappa shape index (κ3) is 4.98. The minimum Gasteiger partial charge on any atom is -0.344 e. The van der Waals surface area contributed by atoms with Crippen molar-refractivity contribution >= 4 is 24.3 Å². The highest BCUT2D eigenvalue weighted by Crippen LogP contribution is 2.42. The highest BCUT2D eigenvalue weighted by atomic mass is 35.5. The number of nitrogens with zero attached hydrogens (tertiary/aromatic N) is 2. The lowest BCUT2D eigenvalue weighted by Crippen LogP contribution is -2.50. The summed E-state index contributed by atoms with van der Waals surface area (Å²) in [6.45, 7) is 1.04. The van der Waals surface area contributed by atoms with Crippen LogP contribution >= 0.6 is 12.4 Å². The molecule has 0 aromatic heterocycles. The molecule has 2 saturated carbocycles. The Labute approximate surface area is 145 Å². The van der Waals surface area contributed by atoms with Gasteiger partial charge in [0.1, 0.15) is 0 Å². The first-order valence-electron chi connectivity index (χ1n) is 8.36. The molecule has 3 amide bonds. The van der Waals surface area contributed by atoms with E-state index in [1.807, 2.05) is 7.05 Å². The van der Waals surface area contributed by atoms with Gasteiger partial charge in [0, 0.05) is 46.2 Å². The van der Waals surface area contributed by atoms with Crippen LogP contribution in [0.4, 0.5) is 4.79 Å². The largest absolute Gasteiger partial charge is 0.344 e. The first-order valence-corrected chi connectivity index (χ1v) is 8.36. The maximum Gasteiger partial charge on any atom is 0.316 e. The molecular formula is C16H31ClN4O2. The average Bonchev–Trinajstić information content (AvgIpc) is 2.45. The molecule has 0 heterocycles. The summed E-state index contributed by atoms with van der Waals surface area (Å²) >= 11 is 0. The molecule has 2 aliphatic carbocycles. The van der Waals surface area contributed by atoms with Gasteiger partial charge in [-0.2, -0.15) is 0 Å². The van der Waals surface area contributed by atoms with Crippen LogP contribution in [-0.4, -0.2) is 62.0 Å². The zero-order valence-electron chi connectivity index (χ0n) is 14.5. The summed E-state index contributed by atoms with van der Waals surface area (Å²) in [5.74, 6) is 1.36. The van der Waals surface area contributed by atoms with E-state index in [-0.39, 0.29) is 30.3 Å². The second kappa shape index (κ2) is 8.73. The Balaban J connectivity index is 0.00000264. The highest BCUT2D eigenvalue weighted by molar-refractivity contribution is 5.85. The molecule has 3 N–H and O–H groups in total. The molecule has 0 saturated heterocycles. The van der Waals surface area contributed by atoms with Crippen molar-refractivity contribution in [2.24, 2.45) is 23.5 Å². The van der Waals surface area contributed by atoms with E-state index in [2.05, 4.69) is 5.32 Å². The standard InChI is InChI=1S/C16H30N4O2.ClH/c1-19(2)16(22)18-7-8-20(3)15(21)13-9-11-5-4-6-12(10-13)14(11)17;/h11-14H,4-10,17H2,1-3H3,(H,18,22);1H. The van der Waals surface area contributed by atoms with Crippen LogP contribution in [0.15, 0.2) is 0 Å². The van der Waals surface area contributed by atoms with Gasteiger partial charge in [-0.3, -0.25) is 4.79 Å². The summed E-state index contributed by atoms with van der Waals surface area (Å²) in [6.07, 6.45) is 5.47. The third-order valence-corrected chi connectivity index (χ3v) is 5.27. The Kier molecular flexibility index (Phi) is 7.61. The van der Waals surface area contributed by atoms with Crippen LogP contribution in [-0.2, 0) is 4.79 Å². The minimum atomic E-state index is -0.126. The summed E-state index contributed by atoms with van der Waals surface area (Å²) < 4.78 is 0. The Morgan fingerprint density at radius 2 is 1.70 bits per heavy atom. The molecule has 0 aromatic rings. The van der Waals surface area contributed by atoms with E-state index >= 15 is 0 Å². The molecule has 2 aliphatic rings. The molecule has 0 aliphatic heterocycles. The number of carbonyl (C=O) groups excluding carboxylic acids is 2. The SMILES string of the molecule is CN(C)C(=O)NCCN(C)C(=O)C1CC2CCCC(C1)C2N.Cl. The van der Waals surface area contributed by atoms with Crippen LogP contribution < -0.4 is 11.1 Å². The van der Waals surface area contributed by atoms with Gasteiger partial charge >= 0.3 is 6.03 Å². The van der Waals surface area contributed by atoms with Crippen LogP contribution in [0.25, 0.3) is 0 Å². The number of rotatable bonds is 4. The molecule has 2 bridgehead atoms. The van der Waals surface area contributed by atoms with Gasteiger partial charge in [-0.1, -0.05) is 6.42 Å². The number of hydrogen-bond acceptors (Lipinski definition) is 3. The Morgan fingerprint density at radius 3 is 2.22 bits per heavy atom. The number of amides is 3. The number of carbonyl (C=O) groups is 2. The number of nitrogens with two attached hydrogens (primary N) is 1. The van der Waals surface area contributed by atoms with Crippen LogP contribution in [0, 0.1) is 17.8 Å². The van der Waals surface area contributed by atoms with Gasteiger partial charge < -0.3 is 20.9 Å². The van der Waals surface area contributed by atoms with Crippen molar-refractivity contribution in [3.05, 3.63) is 0 Å². The number of fused-ring (bicyclic) bond motifs is 2. The molecule has 134 valence electrons. The summed E-state index contributed by atoms with van der Waals surface area (Å²) in [7, 11) is 5.23. The quantitative estimate of drug-likeness (QED) is 0.805. The maximum absolute atomic E-state index is 12.6. The molecule has 0 spiro atoms. The lowest BCUT2D eigenvalue weighted by Gasteiger charge is -2.44. The van der Waals surface area contributed by atoms with Crippen molar-refractivity contribution in [3.8, 4) is 0 Å². The summed E-state index contributed by atoms with van der Waals surface area (Å²) in [6, 6.07) is 0.168. The van der Waals surface area contributed by atoms with Crippen LogP contribution in [0.5, 0.6) is 0 Å². The predicted octanol–water partition coefficient (Wildman–Crippen LogP) is 1.29. The van der Waals surface area contributed by atoms with E-state index in [1.165, 1.54) is 24.2 Å². The molecule has 7 heteroatoms. The third-order valence-electron chi connectivity index (χ3n) is 5.27. The van der Waals surface area contributed by atoms with Crippen molar-refractivity contribution in [2.75, 3.05) is 34.2 Å². The molecule has 2 unspecified atom stereocenters. The minimum absolute atomic E-state index is 0. The lowest BCUT2D eigenvalue weighted by atomic mass is 9.65. The summed E-state index contributed by atoms with van der Waals surface area (Å²) in [5.41, 5.74) is 6.29. The van der Waals surface area contributed by atoms with Crippen molar-refractivity contribution in [1.82, 2.24) is 15.1 Å². The van der Waals surface area contributed by atoms with Crippen molar-refractivity contribution in [3.63, 3.8) is 0 Å². The van der Waals surface area contributed by atoms with Crippen LogP contribution in [0.1, 0.15) is 32.1 Å². The second-order valence-electron chi connectivity index (χ2n) is 7.08. The predicted molar refractivity (Wildman–Crippen MR) is 93.5 cm³/mol.